The average Bonchev–Trinajstić information content (AvgIpc) is 1.98. The maximum atomic E-state index is 6.94. The lowest BCUT2D eigenvalue weighted by atomic mass is 10.2. The van der Waals surface area contributed by atoms with Crippen molar-refractivity contribution in [2.75, 3.05) is 0 Å². The van der Waals surface area contributed by atoms with Gasteiger partial charge in [-0.05, 0) is 26.3 Å². The smallest absolute Gasteiger partial charge is 0.212 e. The van der Waals surface area contributed by atoms with Crippen LogP contribution in [0.25, 0.3) is 0 Å². The second-order valence-corrected chi connectivity index (χ2v) is 2.46. The number of allylic oxidation sites excluding steroid dienone is 4. The van der Waals surface area contributed by atoms with Crippen LogP contribution in [0.15, 0.2) is 28.8 Å². The van der Waals surface area contributed by atoms with Crippen LogP contribution < -0.4 is 5.73 Å². The number of guanidine groups is 1. The zero-order valence-corrected chi connectivity index (χ0v) is 7.76. The van der Waals surface area contributed by atoms with Gasteiger partial charge in [0.25, 0.3) is 0 Å². The minimum Gasteiger partial charge on any atom is -0.368 e. The lowest BCUT2D eigenvalue weighted by Crippen LogP contribution is -2.09. The summed E-state index contributed by atoms with van der Waals surface area (Å²) in [5.41, 5.74) is 6.91. The molecule has 0 radical (unpaired) electrons. The Morgan fingerprint density at radius 3 is 2.42 bits per heavy atom. The largest absolute Gasteiger partial charge is 0.368 e. The van der Waals surface area contributed by atoms with Crippen LogP contribution in [0.2, 0.25) is 0 Å². The molecule has 0 unspecified atom stereocenters. The summed E-state index contributed by atoms with van der Waals surface area (Å²) in [7, 11) is 0. The molecule has 0 spiro atoms. The van der Waals surface area contributed by atoms with E-state index in [1.54, 1.807) is 0 Å². The zero-order valence-electron chi connectivity index (χ0n) is 7.76. The van der Waals surface area contributed by atoms with E-state index in [1.807, 2.05) is 39.0 Å². The van der Waals surface area contributed by atoms with Crippen molar-refractivity contribution in [1.82, 2.24) is 0 Å². The van der Waals surface area contributed by atoms with Gasteiger partial charge < -0.3 is 5.73 Å². The molecule has 0 aliphatic carbocycles. The number of aliphatic imine (C=N–C) groups is 1. The van der Waals surface area contributed by atoms with Gasteiger partial charge in [-0.25, -0.2) is 4.99 Å². The van der Waals surface area contributed by atoms with Gasteiger partial charge in [0.05, 0.1) is 0 Å². The van der Waals surface area contributed by atoms with E-state index in [1.165, 1.54) is 0 Å². The highest BCUT2D eigenvalue weighted by Gasteiger charge is 1.92. The quantitative estimate of drug-likeness (QED) is 0.366. The Balaban J connectivity index is 4.48. The van der Waals surface area contributed by atoms with Gasteiger partial charge in [0, 0.05) is 5.71 Å². The molecule has 0 rings (SSSR count). The molecule has 0 saturated carbocycles. The van der Waals surface area contributed by atoms with Crippen LogP contribution in [-0.2, 0) is 0 Å². The number of nitrogens with one attached hydrogen (secondary N) is 1. The van der Waals surface area contributed by atoms with Gasteiger partial charge in [-0.15, -0.1) is 0 Å². The van der Waals surface area contributed by atoms with Crippen molar-refractivity contribution >= 4 is 11.7 Å². The zero-order chi connectivity index (χ0) is 9.56. The lowest BCUT2D eigenvalue weighted by Gasteiger charge is -1.97. The molecular weight excluding hydrogens is 150 g/mol. The van der Waals surface area contributed by atoms with Gasteiger partial charge in [0.1, 0.15) is 0 Å². The second-order valence-electron chi connectivity index (χ2n) is 2.46. The Bertz CT molecular complexity index is 246. The lowest BCUT2D eigenvalue weighted by molar-refractivity contribution is 1.36. The highest BCUT2D eigenvalue weighted by molar-refractivity contribution is 6.04. The first-order chi connectivity index (χ1) is 5.57. The van der Waals surface area contributed by atoms with Crippen molar-refractivity contribution in [3.8, 4) is 0 Å². The Hall–Kier alpha value is -1.38. The standard InChI is InChI=1S/C9H15N3/c1-4-5-6-7(2)8(3)12-9(10)11/h4-6H,1-3H3,(H3,10,11)/b5-4-,7-6-,12-8+. The maximum absolute atomic E-state index is 6.94. The number of hydrogen-bond acceptors (Lipinski definition) is 1. The van der Waals surface area contributed by atoms with Crippen molar-refractivity contribution in [2.45, 2.75) is 20.8 Å². The van der Waals surface area contributed by atoms with Crippen LogP contribution in [-0.4, -0.2) is 11.7 Å². The van der Waals surface area contributed by atoms with Crippen molar-refractivity contribution < 1.29 is 0 Å². The number of rotatable bonds is 2. The Labute approximate surface area is 73.2 Å². The minimum atomic E-state index is -0.152. The summed E-state index contributed by atoms with van der Waals surface area (Å²) in [5.74, 6) is -0.152. The van der Waals surface area contributed by atoms with E-state index in [0.717, 1.165) is 11.3 Å². The highest BCUT2D eigenvalue weighted by Crippen LogP contribution is 1.96. The van der Waals surface area contributed by atoms with Gasteiger partial charge in [-0.2, -0.15) is 0 Å². The molecule has 0 atom stereocenters. The summed E-state index contributed by atoms with van der Waals surface area (Å²) in [5, 5.41) is 6.94. The summed E-state index contributed by atoms with van der Waals surface area (Å²) in [6.07, 6.45) is 5.79. The third-order valence-corrected chi connectivity index (χ3v) is 1.40. The SMILES string of the molecule is C\C=C/C=C(C)\C(C)=N\C(=N)N. The summed E-state index contributed by atoms with van der Waals surface area (Å²) < 4.78 is 0. The maximum Gasteiger partial charge on any atom is 0.212 e. The van der Waals surface area contributed by atoms with Crippen molar-refractivity contribution in [1.29, 1.82) is 5.41 Å². The first-order valence-electron chi connectivity index (χ1n) is 3.77. The average molecular weight is 165 g/mol. The molecule has 0 aromatic carbocycles. The van der Waals surface area contributed by atoms with Crippen LogP contribution in [0, 0.1) is 5.41 Å². The first-order valence-corrected chi connectivity index (χ1v) is 3.77. The van der Waals surface area contributed by atoms with Crippen LogP contribution in [0.3, 0.4) is 0 Å². The molecule has 3 nitrogen and oxygen atoms in total. The number of nitrogens with zero attached hydrogens (tertiary/aromatic N) is 1. The van der Waals surface area contributed by atoms with E-state index in [2.05, 4.69) is 4.99 Å². The minimum absolute atomic E-state index is 0.152. The fraction of sp³-hybridized carbons (Fsp3) is 0.333. The molecule has 0 aliphatic heterocycles. The molecular formula is C9H15N3. The van der Waals surface area contributed by atoms with E-state index in [4.69, 9.17) is 11.1 Å². The van der Waals surface area contributed by atoms with E-state index < -0.39 is 0 Å². The molecule has 66 valence electrons. The molecule has 0 fully saturated rings. The van der Waals surface area contributed by atoms with Crippen LogP contribution in [0.5, 0.6) is 0 Å². The molecule has 0 aliphatic rings. The Morgan fingerprint density at radius 2 is 2.00 bits per heavy atom. The summed E-state index contributed by atoms with van der Waals surface area (Å²) in [6.45, 7) is 5.71. The Morgan fingerprint density at radius 1 is 1.42 bits per heavy atom. The van der Waals surface area contributed by atoms with E-state index in [9.17, 15) is 0 Å². The molecule has 0 amide bonds. The molecule has 0 saturated heterocycles. The normalized spacial score (nSPS) is 13.9. The van der Waals surface area contributed by atoms with E-state index >= 15 is 0 Å². The molecule has 0 aromatic heterocycles. The second kappa shape index (κ2) is 5.29. The van der Waals surface area contributed by atoms with Crippen LogP contribution >= 0.6 is 0 Å². The molecule has 0 aromatic rings. The molecule has 3 N–H and O–H groups in total. The summed E-state index contributed by atoms with van der Waals surface area (Å²) in [4.78, 5) is 3.81. The molecule has 0 bridgehead atoms. The van der Waals surface area contributed by atoms with Gasteiger partial charge in [0.15, 0.2) is 0 Å². The van der Waals surface area contributed by atoms with Crippen LogP contribution in [0.4, 0.5) is 0 Å². The van der Waals surface area contributed by atoms with Gasteiger partial charge in [-0.1, -0.05) is 18.2 Å². The molecule has 12 heavy (non-hydrogen) atoms. The van der Waals surface area contributed by atoms with Crippen molar-refractivity contribution in [2.24, 2.45) is 10.7 Å². The fourth-order valence-corrected chi connectivity index (χ4v) is 0.630. The molecule has 3 heteroatoms. The van der Waals surface area contributed by atoms with Crippen molar-refractivity contribution in [3.63, 3.8) is 0 Å². The Kier molecular flexibility index (Phi) is 4.69. The predicted octanol–water partition coefficient (Wildman–Crippen LogP) is 1.86. The van der Waals surface area contributed by atoms with E-state index in [-0.39, 0.29) is 5.96 Å². The summed E-state index contributed by atoms with van der Waals surface area (Å²) >= 11 is 0. The van der Waals surface area contributed by atoms with Crippen LogP contribution in [0.1, 0.15) is 20.8 Å². The van der Waals surface area contributed by atoms with Gasteiger partial charge >= 0.3 is 0 Å². The highest BCUT2D eigenvalue weighted by atomic mass is 15.0. The third-order valence-electron chi connectivity index (χ3n) is 1.40. The van der Waals surface area contributed by atoms with Crippen molar-refractivity contribution in [3.05, 3.63) is 23.8 Å². The number of nitrogens with two attached hydrogens (primary N) is 1. The first kappa shape index (κ1) is 10.6. The predicted molar refractivity (Wildman–Crippen MR) is 53.6 cm³/mol. The summed E-state index contributed by atoms with van der Waals surface area (Å²) in [6, 6.07) is 0. The molecule has 0 heterocycles. The van der Waals surface area contributed by atoms with Gasteiger partial charge in [0.2, 0.25) is 5.96 Å². The van der Waals surface area contributed by atoms with Gasteiger partial charge in [-0.3, -0.25) is 5.41 Å². The third kappa shape index (κ3) is 4.44. The topological polar surface area (TPSA) is 62.2 Å². The number of hydrogen-bond donors (Lipinski definition) is 2. The monoisotopic (exact) mass is 165 g/mol. The fourth-order valence-electron chi connectivity index (χ4n) is 0.630. The van der Waals surface area contributed by atoms with E-state index in [0.29, 0.717) is 0 Å².